The average Bonchev–Trinajstić information content (AvgIpc) is 2.52. The van der Waals surface area contributed by atoms with Gasteiger partial charge in [-0.1, -0.05) is 0 Å². The van der Waals surface area contributed by atoms with Crippen LogP contribution >= 0.6 is 0 Å². The molecule has 1 aromatic heterocycles. The number of aliphatic carboxylic acids is 1. The zero-order valence-electron chi connectivity index (χ0n) is 13.4. The molecule has 24 heavy (non-hydrogen) atoms. The number of carboxylic acid groups (broad SMARTS) is 1. The standard InChI is InChI=1S/C16H20N4O4/c1-2-20-13-9-12(24-6-5-19-16(17)18)4-3-10(13)7-11(15(20)23)8-14(21)22/h3-4,7,9H,2,5-6,8H2,1H3,(H,21,22)(H4,17,18,19). The van der Waals surface area contributed by atoms with Gasteiger partial charge in [0.1, 0.15) is 12.4 Å². The predicted octanol–water partition coefficient (Wildman–Crippen LogP) is 0.301. The van der Waals surface area contributed by atoms with Crippen LogP contribution in [-0.2, 0) is 17.8 Å². The van der Waals surface area contributed by atoms with Crippen molar-refractivity contribution >= 4 is 22.8 Å². The number of hydrogen-bond donors (Lipinski definition) is 3. The molecule has 0 amide bonds. The first-order valence-electron chi connectivity index (χ1n) is 7.48. The Hall–Kier alpha value is -3.03. The summed E-state index contributed by atoms with van der Waals surface area (Å²) in [6.07, 6.45) is -0.300. The minimum absolute atomic E-state index is 0.00268. The second-order valence-electron chi connectivity index (χ2n) is 5.17. The van der Waals surface area contributed by atoms with Crippen LogP contribution in [0.4, 0.5) is 0 Å². The highest BCUT2D eigenvalue weighted by atomic mass is 16.5. The zero-order chi connectivity index (χ0) is 17.7. The number of pyridine rings is 1. The summed E-state index contributed by atoms with van der Waals surface area (Å²) in [4.78, 5) is 27.1. The van der Waals surface area contributed by atoms with Gasteiger partial charge in [0.05, 0.1) is 18.5 Å². The maximum absolute atomic E-state index is 12.4. The molecule has 0 fully saturated rings. The lowest BCUT2D eigenvalue weighted by atomic mass is 10.1. The molecule has 128 valence electrons. The Morgan fingerprint density at radius 1 is 1.33 bits per heavy atom. The first kappa shape index (κ1) is 17.3. The van der Waals surface area contributed by atoms with Gasteiger partial charge in [-0.05, 0) is 30.5 Å². The Labute approximate surface area is 138 Å². The van der Waals surface area contributed by atoms with Crippen molar-refractivity contribution in [2.24, 2.45) is 16.5 Å². The number of aliphatic imine (C=N–C) groups is 1. The summed E-state index contributed by atoms with van der Waals surface area (Å²) in [5.74, 6) is -0.447. The third-order valence-electron chi connectivity index (χ3n) is 3.45. The Balaban J connectivity index is 2.36. The van der Waals surface area contributed by atoms with Crippen LogP contribution < -0.4 is 21.8 Å². The highest BCUT2D eigenvalue weighted by molar-refractivity contribution is 5.82. The van der Waals surface area contributed by atoms with Gasteiger partial charge in [-0.25, -0.2) is 0 Å². The molecule has 0 radical (unpaired) electrons. The number of guanidine groups is 1. The molecule has 0 spiro atoms. The number of carboxylic acids is 1. The normalized spacial score (nSPS) is 10.5. The summed E-state index contributed by atoms with van der Waals surface area (Å²) in [6.45, 7) is 2.90. The molecule has 8 nitrogen and oxygen atoms in total. The van der Waals surface area contributed by atoms with Gasteiger partial charge in [0.25, 0.3) is 5.56 Å². The summed E-state index contributed by atoms with van der Waals surface area (Å²) in [5, 5.41) is 9.72. The van der Waals surface area contributed by atoms with Crippen molar-refractivity contribution in [2.45, 2.75) is 19.9 Å². The number of benzene rings is 1. The molecule has 2 aromatic rings. The Morgan fingerprint density at radius 2 is 2.08 bits per heavy atom. The number of ether oxygens (including phenoxy) is 1. The zero-order valence-corrected chi connectivity index (χ0v) is 13.4. The molecule has 0 atom stereocenters. The number of fused-ring (bicyclic) bond motifs is 1. The molecule has 0 aliphatic rings. The first-order chi connectivity index (χ1) is 11.4. The van der Waals surface area contributed by atoms with Gasteiger partial charge in [0, 0.05) is 18.2 Å². The SMILES string of the molecule is CCn1c(=O)c(CC(=O)O)cc2ccc(OCCN=C(N)N)cc21. The lowest BCUT2D eigenvalue weighted by Gasteiger charge is -2.12. The van der Waals surface area contributed by atoms with Crippen molar-refractivity contribution in [1.82, 2.24) is 4.57 Å². The van der Waals surface area contributed by atoms with E-state index in [-0.39, 0.29) is 23.5 Å². The van der Waals surface area contributed by atoms with Gasteiger partial charge < -0.3 is 25.9 Å². The fourth-order valence-corrected chi connectivity index (χ4v) is 2.44. The van der Waals surface area contributed by atoms with Crippen molar-refractivity contribution < 1.29 is 14.6 Å². The van der Waals surface area contributed by atoms with Crippen LogP contribution in [-0.4, -0.2) is 34.8 Å². The molecule has 0 saturated heterocycles. The van der Waals surface area contributed by atoms with E-state index in [0.29, 0.717) is 31.0 Å². The Kier molecular flexibility index (Phi) is 5.41. The van der Waals surface area contributed by atoms with Crippen LogP contribution in [0.3, 0.4) is 0 Å². The molecule has 1 heterocycles. The van der Waals surface area contributed by atoms with Gasteiger partial charge in [-0.15, -0.1) is 0 Å². The van der Waals surface area contributed by atoms with Gasteiger partial charge in [-0.2, -0.15) is 0 Å². The number of hydrogen-bond acceptors (Lipinski definition) is 4. The van der Waals surface area contributed by atoms with Crippen molar-refractivity contribution in [3.63, 3.8) is 0 Å². The Bertz CT molecular complexity index is 838. The third kappa shape index (κ3) is 4.03. The molecule has 0 aliphatic heterocycles. The number of carbonyl (C=O) groups is 1. The third-order valence-corrected chi connectivity index (χ3v) is 3.45. The van der Waals surface area contributed by atoms with Crippen molar-refractivity contribution in [1.29, 1.82) is 0 Å². The fourth-order valence-electron chi connectivity index (χ4n) is 2.44. The van der Waals surface area contributed by atoms with Crippen LogP contribution in [0.15, 0.2) is 34.1 Å². The first-order valence-corrected chi connectivity index (χ1v) is 7.48. The molecule has 0 unspecified atom stereocenters. The van der Waals surface area contributed by atoms with E-state index in [2.05, 4.69) is 4.99 Å². The van der Waals surface area contributed by atoms with E-state index in [1.165, 1.54) is 4.57 Å². The lowest BCUT2D eigenvalue weighted by Crippen LogP contribution is -2.25. The number of nitrogens with two attached hydrogens (primary N) is 2. The molecule has 2 rings (SSSR count). The monoisotopic (exact) mass is 332 g/mol. The molecule has 1 aromatic carbocycles. The second kappa shape index (κ2) is 7.49. The summed E-state index contributed by atoms with van der Waals surface area (Å²) in [6, 6.07) is 6.91. The van der Waals surface area contributed by atoms with Crippen LogP contribution in [0.5, 0.6) is 5.75 Å². The largest absolute Gasteiger partial charge is 0.492 e. The predicted molar refractivity (Wildman–Crippen MR) is 91.4 cm³/mol. The summed E-state index contributed by atoms with van der Waals surface area (Å²) >= 11 is 0. The number of aromatic nitrogens is 1. The molecule has 0 aliphatic carbocycles. The van der Waals surface area contributed by atoms with Gasteiger partial charge in [0.15, 0.2) is 5.96 Å². The van der Waals surface area contributed by atoms with E-state index in [9.17, 15) is 9.59 Å². The molecule has 8 heteroatoms. The number of aryl methyl sites for hydroxylation is 1. The highest BCUT2D eigenvalue weighted by Crippen LogP contribution is 2.21. The highest BCUT2D eigenvalue weighted by Gasteiger charge is 2.12. The molecule has 5 N–H and O–H groups in total. The van der Waals surface area contributed by atoms with E-state index in [0.717, 1.165) is 5.39 Å². The van der Waals surface area contributed by atoms with E-state index in [4.69, 9.17) is 21.3 Å². The summed E-state index contributed by atoms with van der Waals surface area (Å²) in [7, 11) is 0. The van der Waals surface area contributed by atoms with Crippen molar-refractivity contribution in [2.75, 3.05) is 13.2 Å². The fraction of sp³-hybridized carbons (Fsp3) is 0.312. The maximum atomic E-state index is 12.4. The molecular formula is C16H20N4O4. The quantitative estimate of drug-likeness (QED) is 0.379. The van der Waals surface area contributed by atoms with Crippen LogP contribution in [0.1, 0.15) is 12.5 Å². The van der Waals surface area contributed by atoms with Crippen molar-refractivity contribution in [3.8, 4) is 5.75 Å². The van der Waals surface area contributed by atoms with Crippen LogP contribution in [0.25, 0.3) is 10.9 Å². The summed E-state index contributed by atoms with van der Waals surface area (Å²) < 4.78 is 7.11. The minimum Gasteiger partial charge on any atom is -0.492 e. The van der Waals surface area contributed by atoms with E-state index >= 15 is 0 Å². The van der Waals surface area contributed by atoms with Crippen LogP contribution in [0, 0.1) is 0 Å². The number of nitrogens with zero attached hydrogens (tertiary/aromatic N) is 2. The minimum atomic E-state index is -1.03. The van der Waals surface area contributed by atoms with E-state index < -0.39 is 5.97 Å². The van der Waals surface area contributed by atoms with Gasteiger partial charge in [-0.3, -0.25) is 14.6 Å². The lowest BCUT2D eigenvalue weighted by molar-refractivity contribution is -0.136. The molecule has 0 saturated carbocycles. The van der Waals surface area contributed by atoms with Crippen LogP contribution in [0.2, 0.25) is 0 Å². The molecular weight excluding hydrogens is 312 g/mol. The van der Waals surface area contributed by atoms with E-state index in [1.807, 2.05) is 6.92 Å². The number of rotatable bonds is 7. The van der Waals surface area contributed by atoms with E-state index in [1.54, 1.807) is 24.3 Å². The second-order valence-corrected chi connectivity index (χ2v) is 5.17. The van der Waals surface area contributed by atoms with Gasteiger partial charge in [0.2, 0.25) is 0 Å². The topological polar surface area (TPSA) is 133 Å². The summed E-state index contributed by atoms with van der Waals surface area (Å²) in [5.41, 5.74) is 11.1. The maximum Gasteiger partial charge on any atom is 0.308 e. The molecule has 0 bridgehead atoms. The Morgan fingerprint density at radius 3 is 2.71 bits per heavy atom. The van der Waals surface area contributed by atoms with Crippen molar-refractivity contribution in [3.05, 3.63) is 40.2 Å². The van der Waals surface area contributed by atoms with Gasteiger partial charge >= 0.3 is 5.97 Å². The smallest absolute Gasteiger partial charge is 0.308 e. The average molecular weight is 332 g/mol.